The Morgan fingerprint density at radius 3 is 2.41 bits per heavy atom. The molecule has 0 amide bonds. The van der Waals surface area contributed by atoms with Gasteiger partial charge in [-0.1, -0.05) is 54.3 Å². The van der Waals surface area contributed by atoms with Gasteiger partial charge in [0.2, 0.25) is 0 Å². The van der Waals surface area contributed by atoms with E-state index in [1.165, 1.54) is 7.11 Å². The van der Waals surface area contributed by atoms with E-state index in [0.717, 1.165) is 27.9 Å². The van der Waals surface area contributed by atoms with Crippen LogP contribution in [-0.4, -0.2) is 21.8 Å². The highest BCUT2D eigenvalue weighted by Crippen LogP contribution is 2.27. The van der Waals surface area contributed by atoms with Crippen molar-refractivity contribution in [2.75, 3.05) is 7.11 Å². The van der Waals surface area contributed by atoms with Gasteiger partial charge >= 0.3 is 0 Å². The molecule has 4 aromatic carbocycles. The fourth-order valence-electron chi connectivity index (χ4n) is 4.11. The number of phenols is 1. The number of hydrogen-bond donors (Lipinski definition) is 1. The third-order valence-corrected chi connectivity index (χ3v) is 5.99. The summed E-state index contributed by atoms with van der Waals surface area (Å²) in [5.74, 6) is 7.30. The summed E-state index contributed by atoms with van der Waals surface area (Å²) in [5.41, 5.74) is 4.70. The van der Waals surface area contributed by atoms with Crippen LogP contribution in [-0.2, 0) is 0 Å². The Morgan fingerprint density at radius 1 is 0.865 bits per heavy atom. The van der Waals surface area contributed by atoms with Crippen molar-refractivity contribution in [1.29, 1.82) is 0 Å². The molecule has 0 bridgehead atoms. The van der Waals surface area contributed by atoms with Crippen molar-refractivity contribution in [2.24, 2.45) is 0 Å². The van der Waals surface area contributed by atoms with Crippen LogP contribution in [0.2, 0.25) is 0 Å². The number of aromatic nitrogens is 2. The fourth-order valence-corrected chi connectivity index (χ4v) is 4.11. The lowest BCUT2D eigenvalue weighted by molar-refractivity contribution is 0.373. The zero-order valence-electron chi connectivity index (χ0n) is 20.5. The zero-order chi connectivity index (χ0) is 25.8. The van der Waals surface area contributed by atoms with E-state index in [9.17, 15) is 9.90 Å². The van der Waals surface area contributed by atoms with Crippen molar-refractivity contribution in [3.63, 3.8) is 0 Å². The molecule has 0 saturated carbocycles. The molecule has 0 atom stereocenters. The predicted molar refractivity (Wildman–Crippen MR) is 148 cm³/mol. The van der Waals surface area contributed by atoms with Gasteiger partial charge in [-0.05, 0) is 78.7 Å². The van der Waals surface area contributed by atoms with Crippen molar-refractivity contribution in [3.8, 4) is 29.0 Å². The second-order valence-electron chi connectivity index (χ2n) is 8.51. The third-order valence-electron chi connectivity index (χ3n) is 5.99. The molecule has 0 unspecified atom stereocenters. The first-order valence-electron chi connectivity index (χ1n) is 11.8. The Balaban J connectivity index is 1.61. The number of methoxy groups -OCH3 is 1. The van der Waals surface area contributed by atoms with E-state index < -0.39 is 0 Å². The maximum absolute atomic E-state index is 13.7. The molecule has 180 valence electrons. The molecule has 0 spiro atoms. The minimum absolute atomic E-state index is 0.0615. The summed E-state index contributed by atoms with van der Waals surface area (Å²) in [6.07, 6.45) is 3.63. The van der Waals surface area contributed by atoms with E-state index in [1.54, 1.807) is 34.9 Å². The van der Waals surface area contributed by atoms with Crippen LogP contribution >= 0.6 is 0 Å². The smallest absolute Gasteiger partial charge is 0.266 e. The Bertz CT molecular complexity index is 1760. The van der Waals surface area contributed by atoms with Gasteiger partial charge in [0.25, 0.3) is 5.56 Å². The fraction of sp³-hybridized carbons (Fsp3) is 0.0625. The highest BCUT2D eigenvalue weighted by atomic mass is 16.5. The third kappa shape index (κ3) is 5.00. The van der Waals surface area contributed by atoms with Crippen LogP contribution in [0.4, 0.5) is 0 Å². The topological polar surface area (TPSA) is 64.3 Å². The summed E-state index contributed by atoms with van der Waals surface area (Å²) in [4.78, 5) is 18.5. The molecular weight excluding hydrogens is 460 g/mol. The Hall–Kier alpha value is -5.08. The quantitative estimate of drug-likeness (QED) is 0.319. The second-order valence-corrected chi connectivity index (χ2v) is 8.51. The summed E-state index contributed by atoms with van der Waals surface area (Å²) in [6.45, 7) is 1.96. The number of hydrogen-bond acceptors (Lipinski definition) is 4. The Morgan fingerprint density at radius 2 is 1.62 bits per heavy atom. The standard InChI is InChI=1S/C32H24N2O3/c1-22-20-24(13-12-23-8-4-3-5-9-23)14-17-28(22)34-31(33-27-11-7-6-10-26(27)32(34)36)19-16-25-15-18-29(35)30(21-25)37-2/h3-11,14-21,35H,1-2H3/b19-16+. The second kappa shape index (κ2) is 10.3. The molecule has 0 aliphatic heterocycles. The van der Waals surface area contributed by atoms with Gasteiger partial charge in [-0.25, -0.2) is 4.98 Å². The van der Waals surface area contributed by atoms with E-state index in [2.05, 4.69) is 11.8 Å². The van der Waals surface area contributed by atoms with Crippen molar-refractivity contribution in [3.05, 3.63) is 129 Å². The van der Waals surface area contributed by atoms with E-state index >= 15 is 0 Å². The number of benzene rings is 4. The van der Waals surface area contributed by atoms with Crippen molar-refractivity contribution in [1.82, 2.24) is 9.55 Å². The van der Waals surface area contributed by atoms with Gasteiger partial charge in [0.15, 0.2) is 11.5 Å². The maximum atomic E-state index is 13.7. The molecule has 5 nitrogen and oxygen atoms in total. The van der Waals surface area contributed by atoms with Crippen molar-refractivity contribution in [2.45, 2.75) is 6.92 Å². The molecule has 1 aromatic heterocycles. The number of fused-ring (bicyclic) bond motifs is 1. The van der Waals surface area contributed by atoms with E-state index in [1.807, 2.05) is 79.7 Å². The van der Waals surface area contributed by atoms with E-state index in [4.69, 9.17) is 9.72 Å². The highest BCUT2D eigenvalue weighted by molar-refractivity contribution is 5.80. The molecule has 0 saturated heterocycles. The van der Waals surface area contributed by atoms with Gasteiger partial charge in [0, 0.05) is 11.1 Å². The molecule has 1 N–H and O–H groups in total. The van der Waals surface area contributed by atoms with Gasteiger partial charge in [0.05, 0.1) is 23.7 Å². The largest absolute Gasteiger partial charge is 0.504 e. The summed E-state index contributed by atoms with van der Waals surface area (Å²) in [7, 11) is 1.50. The van der Waals surface area contributed by atoms with E-state index in [0.29, 0.717) is 22.5 Å². The van der Waals surface area contributed by atoms with Gasteiger partial charge < -0.3 is 9.84 Å². The first-order valence-corrected chi connectivity index (χ1v) is 11.8. The van der Waals surface area contributed by atoms with Crippen LogP contribution in [0.1, 0.15) is 28.1 Å². The lowest BCUT2D eigenvalue weighted by atomic mass is 10.1. The SMILES string of the molecule is COc1cc(/C=C/c2nc3ccccc3c(=O)n2-c2ccc(C#Cc3ccccc3)cc2C)ccc1O. The first kappa shape index (κ1) is 23.7. The van der Waals surface area contributed by atoms with Crippen LogP contribution in [0.3, 0.4) is 0 Å². The summed E-state index contributed by atoms with van der Waals surface area (Å²) in [5, 5.41) is 10.4. The number of aromatic hydroxyl groups is 1. The molecule has 37 heavy (non-hydrogen) atoms. The summed E-state index contributed by atoms with van der Waals surface area (Å²) >= 11 is 0. The minimum atomic E-state index is -0.153. The number of ether oxygens (including phenoxy) is 1. The Kier molecular flexibility index (Phi) is 6.56. The minimum Gasteiger partial charge on any atom is -0.504 e. The normalized spacial score (nSPS) is 10.9. The monoisotopic (exact) mass is 484 g/mol. The van der Waals surface area contributed by atoms with Crippen LogP contribution in [0.25, 0.3) is 28.7 Å². The first-order chi connectivity index (χ1) is 18.0. The molecule has 5 heteroatoms. The maximum Gasteiger partial charge on any atom is 0.266 e. The number of nitrogens with zero attached hydrogens (tertiary/aromatic N) is 2. The lowest BCUT2D eigenvalue weighted by Crippen LogP contribution is -2.23. The van der Waals surface area contributed by atoms with Crippen LogP contribution in [0.15, 0.2) is 95.8 Å². The van der Waals surface area contributed by atoms with Crippen LogP contribution in [0.5, 0.6) is 11.5 Å². The molecular formula is C32H24N2O3. The Labute approximate surface area is 215 Å². The lowest BCUT2D eigenvalue weighted by Gasteiger charge is -2.14. The van der Waals surface area contributed by atoms with Gasteiger partial charge in [-0.2, -0.15) is 0 Å². The molecule has 1 heterocycles. The molecule has 0 aliphatic rings. The van der Waals surface area contributed by atoms with Crippen LogP contribution < -0.4 is 10.3 Å². The molecule has 0 radical (unpaired) electrons. The summed E-state index contributed by atoms with van der Waals surface area (Å²) in [6, 6.07) is 28.0. The molecule has 0 aliphatic carbocycles. The molecule has 0 fully saturated rings. The van der Waals surface area contributed by atoms with Gasteiger partial charge in [-0.3, -0.25) is 9.36 Å². The average molecular weight is 485 g/mol. The van der Waals surface area contributed by atoms with Crippen molar-refractivity contribution >= 4 is 23.1 Å². The number of phenolic OH excluding ortho intramolecular Hbond substituents is 1. The average Bonchev–Trinajstić information content (AvgIpc) is 2.93. The van der Waals surface area contributed by atoms with Crippen molar-refractivity contribution < 1.29 is 9.84 Å². The predicted octanol–water partition coefficient (Wildman–Crippen LogP) is 5.98. The number of aryl methyl sites for hydroxylation is 1. The highest BCUT2D eigenvalue weighted by Gasteiger charge is 2.13. The number of para-hydroxylation sites is 1. The van der Waals surface area contributed by atoms with E-state index in [-0.39, 0.29) is 11.3 Å². The zero-order valence-corrected chi connectivity index (χ0v) is 20.5. The van der Waals surface area contributed by atoms with Gasteiger partial charge in [-0.15, -0.1) is 0 Å². The molecule has 5 rings (SSSR count). The van der Waals surface area contributed by atoms with Gasteiger partial charge in [0.1, 0.15) is 5.82 Å². The summed E-state index contributed by atoms with van der Waals surface area (Å²) < 4.78 is 6.84. The molecule has 5 aromatic rings. The number of rotatable bonds is 4. The van der Waals surface area contributed by atoms with Crippen LogP contribution in [0, 0.1) is 18.8 Å².